The van der Waals surface area contributed by atoms with Crippen molar-refractivity contribution in [2.24, 2.45) is 0 Å². The molecule has 0 atom stereocenters. The van der Waals surface area contributed by atoms with Crippen LogP contribution in [0, 0.1) is 0 Å². The van der Waals surface area contributed by atoms with Crippen molar-refractivity contribution in [1.82, 2.24) is 0 Å². The molecule has 0 fully saturated rings. The van der Waals surface area contributed by atoms with Crippen LogP contribution in [-0.2, 0) is 29.0 Å². The molecular weight excluding hydrogens is 149 g/mol. The Hall–Kier alpha value is 0.0534. The van der Waals surface area contributed by atoms with Gasteiger partial charge in [-0.05, 0) is 0 Å². The maximum Gasteiger partial charge on any atom is 0.331 e. The van der Waals surface area contributed by atoms with Gasteiger partial charge in [0, 0.05) is 19.5 Å². The van der Waals surface area contributed by atoms with E-state index in [4.69, 9.17) is 5.11 Å². The second-order valence-electron chi connectivity index (χ2n) is 0.734. The second-order valence-corrected chi connectivity index (χ2v) is 0.734. The molecular formula is C3H6O3Zn. The summed E-state index contributed by atoms with van der Waals surface area (Å²) in [5, 5.41) is 7.86. The molecule has 0 aliphatic rings. The zero-order valence-corrected chi connectivity index (χ0v) is 7.15. The van der Waals surface area contributed by atoms with Crippen molar-refractivity contribution >= 4 is 5.97 Å². The molecule has 4 heteroatoms. The van der Waals surface area contributed by atoms with E-state index in [1.165, 1.54) is 7.11 Å². The summed E-state index contributed by atoms with van der Waals surface area (Å²) < 4.78 is 4.01. The average molecular weight is 155 g/mol. The van der Waals surface area contributed by atoms with E-state index in [-0.39, 0.29) is 19.5 Å². The largest absolute Gasteiger partial charge is 0.467 e. The first-order chi connectivity index (χ1) is 2.81. The summed E-state index contributed by atoms with van der Waals surface area (Å²) in [6.45, 7) is -0.531. The fourth-order valence-electron chi connectivity index (χ4n) is 0.0645. The number of methoxy groups -OCH3 is 1. The summed E-state index contributed by atoms with van der Waals surface area (Å²) in [6.07, 6.45) is 0. The quantitative estimate of drug-likeness (QED) is 0.396. The Labute approximate surface area is 54.4 Å². The molecule has 0 aromatic carbocycles. The van der Waals surface area contributed by atoms with E-state index in [0.29, 0.717) is 0 Å². The maximum atomic E-state index is 9.71. The zero-order chi connectivity index (χ0) is 4.99. The molecule has 0 aliphatic heterocycles. The van der Waals surface area contributed by atoms with E-state index >= 15 is 0 Å². The Morgan fingerprint density at radius 1 is 1.86 bits per heavy atom. The molecule has 0 saturated carbocycles. The van der Waals surface area contributed by atoms with Gasteiger partial charge in [-0.1, -0.05) is 0 Å². The van der Waals surface area contributed by atoms with Gasteiger partial charge >= 0.3 is 5.97 Å². The van der Waals surface area contributed by atoms with Crippen molar-refractivity contribution in [3.05, 3.63) is 0 Å². The number of carbonyl (C=O) groups excluding carboxylic acids is 1. The van der Waals surface area contributed by atoms with Crippen molar-refractivity contribution in [2.45, 2.75) is 0 Å². The van der Waals surface area contributed by atoms with Gasteiger partial charge in [0.2, 0.25) is 0 Å². The minimum absolute atomic E-state index is 0. The van der Waals surface area contributed by atoms with E-state index in [1.807, 2.05) is 0 Å². The first-order valence-electron chi connectivity index (χ1n) is 1.49. The number of rotatable bonds is 1. The Kier molecular flexibility index (Phi) is 8.75. The molecule has 1 N–H and O–H groups in total. The molecule has 0 saturated heterocycles. The van der Waals surface area contributed by atoms with Crippen LogP contribution in [-0.4, -0.2) is 24.8 Å². The summed E-state index contributed by atoms with van der Waals surface area (Å²) in [5.74, 6) is -0.602. The molecule has 0 rings (SSSR count). The van der Waals surface area contributed by atoms with E-state index in [2.05, 4.69) is 4.74 Å². The Balaban J connectivity index is 0. The molecule has 0 amide bonds. The molecule has 0 aromatic rings. The van der Waals surface area contributed by atoms with Crippen molar-refractivity contribution in [2.75, 3.05) is 13.7 Å². The van der Waals surface area contributed by atoms with Gasteiger partial charge in [0.1, 0.15) is 6.61 Å². The van der Waals surface area contributed by atoms with Gasteiger partial charge < -0.3 is 9.84 Å². The number of aliphatic hydroxyl groups excluding tert-OH is 1. The van der Waals surface area contributed by atoms with E-state index in [1.54, 1.807) is 0 Å². The van der Waals surface area contributed by atoms with Crippen molar-refractivity contribution in [1.29, 1.82) is 0 Å². The van der Waals surface area contributed by atoms with Crippen LogP contribution in [0.15, 0.2) is 0 Å². The molecule has 0 radical (unpaired) electrons. The number of esters is 1. The monoisotopic (exact) mass is 154 g/mol. The summed E-state index contributed by atoms with van der Waals surface area (Å²) in [6, 6.07) is 0. The predicted octanol–water partition coefficient (Wildman–Crippen LogP) is -0.851. The van der Waals surface area contributed by atoms with Gasteiger partial charge in [-0.15, -0.1) is 0 Å². The zero-order valence-electron chi connectivity index (χ0n) is 4.18. The van der Waals surface area contributed by atoms with E-state index in [9.17, 15) is 4.79 Å². The van der Waals surface area contributed by atoms with Gasteiger partial charge in [-0.2, -0.15) is 0 Å². The number of hydrogen-bond donors (Lipinski definition) is 1. The van der Waals surface area contributed by atoms with Crippen molar-refractivity contribution in [3.8, 4) is 0 Å². The molecule has 38 valence electrons. The summed E-state index contributed by atoms with van der Waals surface area (Å²) >= 11 is 0. The van der Waals surface area contributed by atoms with Gasteiger partial charge in [0.25, 0.3) is 0 Å². The molecule has 0 spiro atoms. The fraction of sp³-hybridized carbons (Fsp3) is 0.667. The Bertz CT molecular complexity index is 48.1. The number of aliphatic hydroxyl groups is 1. The van der Waals surface area contributed by atoms with Gasteiger partial charge in [-0.25, -0.2) is 4.79 Å². The molecule has 0 aromatic heterocycles. The molecule has 0 heterocycles. The summed E-state index contributed by atoms with van der Waals surface area (Å²) in [5.41, 5.74) is 0. The van der Waals surface area contributed by atoms with Gasteiger partial charge in [-0.3, -0.25) is 0 Å². The summed E-state index contributed by atoms with van der Waals surface area (Å²) in [7, 11) is 1.22. The third-order valence-electron chi connectivity index (χ3n) is 0.357. The number of carbonyl (C=O) groups is 1. The van der Waals surface area contributed by atoms with Crippen LogP contribution in [0.1, 0.15) is 0 Å². The Morgan fingerprint density at radius 3 is 2.29 bits per heavy atom. The fourth-order valence-corrected chi connectivity index (χ4v) is 0.0645. The predicted molar refractivity (Wildman–Crippen MR) is 19.1 cm³/mol. The molecule has 0 aliphatic carbocycles. The first kappa shape index (κ1) is 10.1. The minimum atomic E-state index is -0.602. The van der Waals surface area contributed by atoms with Crippen LogP contribution in [0.25, 0.3) is 0 Å². The third-order valence-corrected chi connectivity index (χ3v) is 0.357. The minimum Gasteiger partial charge on any atom is -0.467 e. The topological polar surface area (TPSA) is 46.5 Å². The van der Waals surface area contributed by atoms with E-state index < -0.39 is 12.6 Å². The first-order valence-corrected chi connectivity index (χ1v) is 1.49. The maximum absolute atomic E-state index is 9.71. The molecule has 7 heavy (non-hydrogen) atoms. The SMILES string of the molecule is COC(=O)CO.[Zn]. The van der Waals surface area contributed by atoms with E-state index in [0.717, 1.165) is 0 Å². The number of hydrogen-bond acceptors (Lipinski definition) is 3. The van der Waals surface area contributed by atoms with Crippen LogP contribution < -0.4 is 0 Å². The Morgan fingerprint density at radius 2 is 2.29 bits per heavy atom. The molecule has 0 bridgehead atoms. The standard InChI is InChI=1S/C3H6O3.Zn/c1-6-3(5)2-4;/h4H,2H2,1H3;. The average Bonchev–Trinajstić information content (AvgIpc) is 1.65. The molecule has 0 unspecified atom stereocenters. The van der Waals surface area contributed by atoms with Crippen LogP contribution in [0.5, 0.6) is 0 Å². The van der Waals surface area contributed by atoms with Crippen LogP contribution in [0.3, 0.4) is 0 Å². The normalized spacial score (nSPS) is 6.57. The van der Waals surface area contributed by atoms with Gasteiger partial charge in [0.05, 0.1) is 7.11 Å². The van der Waals surface area contributed by atoms with Crippen molar-refractivity contribution < 1.29 is 34.1 Å². The van der Waals surface area contributed by atoms with Crippen LogP contribution in [0.2, 0.25) is 0 Å². The smallest absolute Gasteiger partial charge is 0.331 e. The van der Waals surface area contributed by atoms with Gasteiger partial charge in [0.15, 0.2) is 0 Å². The molecule has 3 nitrogen and oxygen atoms in total. The second kappa shape index (κ2) is 6.05. The number of ether oxygens (including phenoxy) is 1. The third kappa shape index (κ3) is 6.05. The summed E-state index contributed by atoms with van der Waals surface area (Å²) in [4.78, 5) is 9.71. The van der Waals surface area contributed by atoms with Crippen LogP contribution >= 0.6 is 0 Å². The van der Waals surface area contributed by atoms with Crippen molar-refractivity contribution in [3.63, 3.8) is 0 Å². The van der Waals surface area contributed by atoms with Crippen LogP contribution in [0.4, 0.5) is 0 Å².